The molecule has 1 aliphatic heterocycles. The number of carbonyl (C=O) groups excluding carboxylic acids is 1. The fourth-order valence-corrected chi connectivity index (χ4v) is 3.95. The fourth-order valence-electron chi connectivity index (χ4n) is 3.95. The van der Waals surface area contributed by atoms with E-state index in [9.17, 15) is 9.18 Å². The Kier molecular flexibility index (Phi) is 5.91. The summed E-state index contributed by atoms with van der Waals surface area (Å²) in [6.07, 6.45) is 3.39. The highest BCUT2D eigenvalue weighted by Crippen LogP contribution is 2.28. The molecule has 0 bridgehead atoms. The van der Waals surface area contributed by atoms with Gasteiger partial charge in [-0.25, -0.2) is 4.39 Å². The van der Waals surface area contributed by atoms with Gasteiger partial charge in [0.25, 0.3) is 0 Å². The van der Waals surface area contributed by atoms with E-state index in [1.807, 2.05) is 6.07 Å². The molecule has 1 N–H and O–H groups in total. The van der Waals surface area contributed by atoms with Crippen LogP contribution in [0, 0.1) is 11.7 Å². The van der Waals surface area contributed by atoms with Crippen molar-refractivity contribution in [2.24, 2.45) is 5.92 Å². The van der Waals surface area contributed by atoms with E-state index in [1.54, 1.807) is 12.1 Å². The SMILES string of the molecule is O=C(CN(Cc1ccc(F)cc1)C1CC1)NCC1CCN(c2ccccc2)C1. The second kappa shape index (κ2) is 8.74. The normalized spacial score (nSPS) is 19.2. The maximum atomic E-state index is 13.1. The number of nitrogens with zero attached hydrogens (tertiary/aromatic N) is 2. The number of amides is 1. The Morgan fingerprint density at radius 3 is 2.54 bits per heavy atom. The summed E-state index contributed by atoms with van der Waals surface area (Å²) in [7, 11) is 0. The molecule has 0 radical (unpaired) electrons. The highest BCUT2D eigenvalue weighted by Gasteiger charge is 2.30. The smallest absolute Gasteiger partial charge is 0.234 e. The number of halogens is 1. The zero-order valence-electron chi connectivity index (χ0n) is 16.2. The van der Waals surface area contributed by atoms with Crippen molar-refractivity contribution < 1.29 is 9.18 Å². The van der Waals surface area contributed by atoms with Gasteiger partial charge in [-0.3, -0.25) is 9.69 Å². The molecule has 0 aromatic heterocycles. The molecule has 5 heteroatoms. The average molecular weight is 381 g/mol. The van der Waals surface area contributed by atoms with Gasteiger partial charge in [-0.05, 0) is 55.0 Å². The molecule has 2 aromatic carbocycles. The number of para-hydroxylation sites is 1. The second-order valence-corrected chi connectivity index (χ2v) is 8.00. The largest absolute Gasteiger partial charge is 0.371 e. The molecular formula is C23H28FN3O. The monoisotopic (exact) mass is 381 g/mol. The topological polar surface area (TPSA) is 35.6 Å². The van der Waals surface area contributed by atoms with Crippen LogP contribution in [-0.4, -0.2) is 43.0 Å². The molecule has 4 rings (SSSR count). The number of hydrogen-bond donors (Lipinski definition) is 1. The Hall–Kier alpha value is -2.40. The summed E-state index contributed by atoms with van der Waals surface area (Å²) < 4.78 is 13.1. The summed E-state index contributed by atoms with van der Waals surface area (Å²) in [6.45, 7) is 3.88. The van der Waals surface area contributed by atoms with Crippen molar-refractivity contribution in [1.82, 2.24) is 10.2 Å². The van der Waals surface area contributed by atoms with Crippen LogP contribution in [0.15, 0.2) is 54.6 Å². The zero-order valence-corrected chi connectivity index (χ0v) is 16.2. The van der Waals surface area contributed by atoms with Gasteiger partial charge >= 0.3 is 0 Å². The van der Waals surface area contributed by atoms with Gasteiger partial charge in [-0.1, -0.05) is 30.3 Å². The van der Waals surface area contributed by atoms with E-state index >= 15 is 0 Å². The molecule has 2 aliphatic rings. The van der Waals surface area contributed by atoms with E-state index < -0.39 is 0 Å². The van der Waals surface area contributed by atoms with E-state index in [0.29, 0.717) is 25.0 Å². The van der Waals surface area contributed by atoms with Gasteiger partial charge in [-0.2, -0.15) is 0 Å². The Bertz CT molecular complexity index is 776. The van der Waals surface area contributed by atoms with Gasteiger partial charge < -0.3 is 10.2 Å². The lowest BCUT2D eigenvalue weighted by atomic mass is 10.1. The summed E-state index contributed by atoms with van der Waals surface area (Å²) >= 11 is 0. The van der Waals surface area contributed by atoms with Gasteiger partial charge in [-0.15, -0.1) is 0 Å². The van der Waals surface area contributed by atoms with Crippen molar-refractivity contribution in [3.63, 3.8) is 0 Å². The number of rotatable bonds is 8. The van der Waals surface area contributed by atoms with Crippen LogP contribution < -0.4 is 10.2 Å². The number of nitrogens with one attached hydrogen (secondary N) is 1. The first kappa shape index (κ1) is 18.9. The molecule has 1 atom stereocenters. The van der Waals surface area contributed by atoms with Crippen molar-refractivity contribution in [2.45, 2.75) is 31.8 Å². The molecule has 1 saturated heterocycles. The molecule has 2 aromatic rings. The van der Waals surface area contributed by atoms with Crippen LogP contribution in [0.3, 0.4) is 0 Å². The van der Waals surface area contributed by atoms with Crippen molar-refractivity contribution in [3.8, 4) is 0 Å². The third-order valence-corrected chi connectivity index (χ3v) is 5.70. The molecule has 1 aliphatic carbocycles. The predicted octanol–water partition coefficient (Wildman–Crippen LogP) is 3.43. The summed E-state index contributed by atoms with van der Waals surface area (Å²) in [5.41, 5.74) is 2.31. The molecule has 28 heavy (non-hydrogen) atoms. The Morgan fingerprint density at radius 2 is 1.82 bits per heavy atom. The first-order valence-corrected chi connectivity index (χ1v) is 10.2. The van der Waals surface area contributed by atoms with Gasteiger partial charge in [0.2, 0.25) is 5.91 Å². The highest BCUT2D eigenvalue weighted by molar-refractivity contribution is 5.78. The number of anilines is 1. The van der Waals surface area contributed by atoms with E-state index in [1.165, 1.54) is 17.8 Å². The molecule has 4 nitrogen and oxygen atoms in total. The molecule has 1 saturated carbocycles. The third-order valence-electron chi connectivity index (χ3n) is 5.70. The van der Waals surface area contributed by atoms with E-state index in [2.05, 4.69) is 39.4 Å². The van der Waals surface area contributed by atoms with E-state index in [4.69, 9.17) is 0 Å². The third kappa shape index (κ3) is 5.10. The lowest BCUT2D eigenvalue weighted by Crippen LogP contribution is -2.40. The average Bonchev–Trinajstić information content (AvgIpc) is 3.46. The number of carbonyl (C=O) groups is 1. The number of hydrogen-bond acceptors (Lipinski definition) is 3. The van der Waals surface area contributed by atoms with Crippen LogP contribution in [0.1, 0.15) is 24.8 Å². The molecular weight excluding hydrogens is 353 g/mol. The quantitative estimate of drug-likeness (QED) is 0.761. The molecule has 2 fully saturated rings. The van der Waals surface area contributed by atoms with Gasteiger partial charge in [0.05, 0.1) is 6.54 Å². The van der Waals surface area contributed by atoms with Gasteiger partial charge in [0.15, 0.2) is 0 Å². The van der Waals surface area contributed by atoms with Crippen LogP contribution in [-0.2, 0) is 11.3 Å². The maximum absolute atomic E-state index is 13.1. The Balaban J connectivity index is 1.24. The van der Waals surface area contributed by atoms with Crippen LogP contribution >= 0.6 is 0 Å². The summed E-state index contributed by atoms with van der Waals surface area (Å²) in [5, 5.41) is 3.14. The van der Waals surface area contributed by atoms with Crippen LogP contribution in [0.2, 0.25) is 0 Å². The molecule has 1 heterocycles. The predicted molar refractivity (Wildman–Crippen MR) is 110 cm³/mol. The molecule has 148 valence electrons. The van der Waals surface area contributed by atoms with Crippen molar-refractivity contribution in [2.75, 3.05) is 31.1 Å². The van der Waals surface area contributed by atoms with E-state index in [-0.39, 0.29) is 11.7 Å². The first-order valence-electron chi connectivity index (χ1n) is 10.2. The van der Waals surface area contributed by atoms with Crippen molar-refractivity contribution >= 4 is 11.6 Å². The Morgan fingerprint density at radius 1 is 1.07 bits per heavy atom. The molecule has 1 amide bonds. The summed E-state index contributed by atoms with van der Waals surface area (Å²) in [6, 6.07) is 17.5. The first-order chi connectivity index (χ1) is 13.7. The van der Waals surface area contributed by atoms with Crippen LogP contribution in [0.5, 0.6) is 0 Å². The Labute approximate surface area is 166 Å². The van der Waals surface area contributed by atoms with Gasteiger partial charge in [0, 0.05) is 37.9 Å². The van der Waals surface area contributed by atoms with Gasteiger partial charge in [0.1, 0.15) is 5.82 Å². The minimum Gasteiger partial charge on any atom is -0.371 e. The zero-order chi connectivity index (χ0) is 19.3. The van der Waals surface area contributed by atoms with E-state index in [0.717, 1.165) is 44.5 Å². The fraction of sp³-hybridized carbons (Fsp3) is 0.435. The second-order valence-electron chi connectivity index (χ2n) is 8.00. The minimum atomic E-state index is -0.222. The standard InChI is InChI=1S/C23H28FN3O/c24-20-8-6-18(7-9-20)15-27(22-10-11-22)17-23(28)25-14-19-12-13-26(16-19)21-4-2-1-3-5-21/h1-9,19,22H,10-17H2,(H,25,28). The molecule has 1 unspecified atom stereocenters. The molecule has 0 spiro atoms. The van der Waals surface area contributed by atoms with Crippen LogP contribution in [0.25, 0.3) is 0 Å². The van der Waals surface area contributed by atoms with Crippen molar-refractivity contribution in [1.29, 1.82) is 0 Å². The summed E-state index contributed by atoms with van der Waals surface area (Å²) in [5.74, 6) is 0.364. The lowest BCUT2D eigenvalue weighted by Gasteiger charge is -2.22. The minimum absolute atomic E-state index is 0.0900. The van der Waals surface area contributed by atoms with Crippen molar-refractivity contribution in [3.05, 3.63) is 66.0 Å². The number of benzene rings is 2. The highest BCUT2D eigenvalue weighted by atomic mass is 19.1. The summed E-state index contributed by atoms with van der Waals surface area (Å²) in [4.78, 5) is 17.1. The van der Waals surface area contributed by atoms with Crippen LogP contribution in [0.4, 0.5) is 10.1 Å². The lowest BCUT2D eigenvalue weighted by molar-refractivity contribution is -0.122. The maximum Gasteiger partial charge on any atom is 0.234 e.